The van der Waals surface area contributed by atoms with Crippen molar-refractivity contribution in [2.45, 2.75) is 39.2 Å². The van der Waals surface area contributed by atoms with Crippen molar-refractivity contribution in [3.63, 3.8) is 0 Å². The van der Waals surface area contributed by atoms with Crippen LogP contribution in [-0.4, -0.2) is 16.3 Å². The van der Waals surface area contributed by atoms with Crippen molar-refractivity contribution in [2.75, 3.05) is 11.1 Å². The zero-order valence-electron chi connectivity index (χ0n) is 9.62. The highest BCUT2D eigenvalue weighted by Crippen LogP contribution is 2.27. The van der Waals surface area contributed by atoms with Gasteiger partial charge in [0.15, 0.2) is 5.82 Å². The molecule has 0 bridgehead atoms. The largest absolute Gasteiger partial charge is 0.382 e. The number of aromatic nitrogens is 1. The number of nitrogens with zero attached hydrogens (tertiary/aromatic N) is 1. The first kappa shape index (κ1) is 12.8. The highest BCUT2D eigenvalue weighted by molar-refractivity contribution is 7.11. The van der Waals surface area contributed by atoms with Gasteiger partial charge in [-0.1, -0.05) is 19.8 Å². The second-order valence-corrected chi connectivity index (χ2v) is 4.60. The average Bonchev–Trinajstić information content (AvgIpc) is 2.56. The summed E-state index contributed by atoms with van der Waals surface area (Å²) in [6.45, 7) is 4.21. The van der Waals surface area contributed by atoms with E-state index in [0.717, 1.165) is 19.3 Å². The van der Waals surface area contributed by atoms with Gasteiger partial charge in [0.25, 0.3) is 5.91 Å². The summed E-state index contributed by atoms with van der Waals surface area (Å²) < 4.78 is 3.93. The molecular formula is C10H18N4OS. The molecule has 0 aliphatic rings. The molecule has 1 aromatic rings. The zero-order valence-corrected chi connectivity index (χ0v) is 10.4. The van der Waals surface area contributed by atoms with E-state index in [4.69, 9.17) is 11.5 Å². The van der Waals surface area contributed by atoms with Crippen LogP contribution in [0.15, 0.2) is 0 Å². The van der Waals surface area contributed by atoms with E-state index in [9.17, 15) is 4.79 Å². The van der Waals surface area contributed by atoms with Crippen LogP contribution >= 0.6 is 11.5 Å². The highest BCUT2D eigenvalue weighted by atomic mass is 32.1. The maximum Gasteiger partial charge on any atom is 0.255 e. The quantitative estimate of drug-likeness (QED) is 0.709. The Kier molecular flexibility index (Phi) is 4.54. The third-order valence-electron chi connectivity index (χ3n) is 2.33. The van der Waals surface area contributed by atoms with Gasteiger partial charge in [-0.15, -0.1) is 0 Å². The molecule has 0 aromatic carbocycles. The third kappa shape index (κ3) is 3.10. The minimum absolute atomic E-state index is 0.211. The van der Waals surface area contributed by atoms with E-state index in [0.29, 0.717) is 10.6 Å². The summed E-state index contributed by atoms with van der Waals surface area (Å²) in [5.74, 6) is -0.320. The highest BCUT2D eigenvalue weighted by Gasteiger charge is 2.17. The first-order valence-corrected chi connectivity index (χ1v) is 6.15. The number of amides is 1. The Morgan fingerprint density at radius 3 is 2.88 bits per heavy atom. The normalized spacial score (nSPS) is 12.4. The molecule has 5 nitrogen and oxygen atoms in total. The number of nitrogen functional groups attached to an aromatic ring is 1. The molecule has 1 atom stereocenters. The Morgan fingerprint density at radius 2 is 2.31 bits per heavy atom. The van der Waals surface area contributed by atoms with Crippen LogP contribution in [0.25, 0.3) is 0 Å². The first-order chi connectivity index (χ1) is 7.56. The lowest BCUT2D eigenvalue weighted by molar-refractivity contribution is 0.100. The van der Waals surface area contributed by atoms with Crippen LogP contribution in [0.2, 0.25) is 0 Å². The Bertz CT molecular complexity index is 364. The summed E-state index contributed by atoms with van der Waals surface area (Å²) in [5.41, 5.74) is 11.1. The molecule has 0 radical (unpaired) electrons. The summed E-state index contributed by atoms with van der Waals surface area (Å²) in [6, 6.07) is 0.290. The molecule has 1 amide bonds. The SMILES string of the molecule is CCCCC(C)Nc1snc(N)c1C(N)=O. The molecule has 1 heterocycles. The smallest absolute Gasteiger partial charge is 0.255 e. The second-order valence-electron chi connectivity index (χ2n) is 3.82. The third-order valence-corrected chi connectivity index (χ3v) is 3.13. The number of hydrogen-bond acceptors (Lipinski definition) is 5. The molecule has 6 heteroatoms. The van der Waals surface area contributed by atoms with Gasteiger partial charge in [0.1, 0.15) is 10.6 Å². The van der Waals surface area contributed by atoms with Gasteiger partial charge >= 0.3 is 0 Å². The number of hydrogen-bond donors (Lipinski definition) is 3. The van der Waals surface area contributed by atoms with E-state index in [1.165, 1.54) is 11.5 Å². The molecule has 0 fully saturated rings. The fraction of sp³-hybridized carbons (Fsp3) is 0.600. The van der Waals surface area contributed by atoms with Crippen molar-refractivity contribution in [3.8, 4) is 0 Å². The van der Waals surface area contributed by atoms with Gasteiger partial charge in [0.05, 0.1) is 0 Å². The number of primary amides is 1. The number of nitrogens with one attached hydrogen (secondary N) is 1. The molecule has 0 saturated carbocycles. The Balaban J connectivity index is 2.70. The minimum atomic E-state index is -0.531. The van der Waals surface area contributed by atoms with Gasteiger partial charge in [0, 0.05) is 6.04 Å². The van der Waals surface area contributed by atoms with Gasteiger partial charge in [-0.25, -0.2) is 0 Å². The molecule has 1 aromatic heterocycles. The number of unbranched alkanes of at least 4 members (excludes halogenated alkanes) is 1. The van der Waals surface area contributed by atoms with E-state index < -0.39 is 5.91 Å². The zero-order chi connectivity index (χ0) is 12.1. The van der Waals surface area contributed by atoms with Crippen LogP contribution in [0, 0.1) is 0 Å². The number of carbonyl (C=O) groups is 1. The molecule has 0 aliphatic carbocycles. The fourth-order valence-electron chi connectivity index (χ4n) is 1.45. The average molecular weight is 242 g/mol. The topological polar surface area (TPSA) is 94.0 Å². The predicted molar refractivity (Wildman–Crippen MR) is 67.7 cm³/mol. The monoisotopic (exact) mass is 242 g/mol. The summed E-state index contributed by atoms with van der Waals surface area (Å²) in [5, 5.41) is 3.90. The lowest BCUT2D eigenvalue weighted by Crippen LogP contribution is -2.19. The molecular weight excluding hydrogens is 224 g/mol. The molecule has 16 heavy (non-hydrogen) atoms. The summed E-state index contributed by atoms with van der Waals surface area (Å²) in [6.07, 6.45) is 3.35. The molecule has 90 valence electrons. The fourth-order valence-corrected chi connectivity index (χ4v) is 2.28. The maximum atomic E-state index is 11.2. The van der Waals surface area contributed by atoms with Gasteiger partial charge < -0.3 is 16.8 Å². The van der Waals surface area contributed by atoms with Crippen molar-refractivity contribution >= 4 is 28.3 Å². The van der Waals surface area contributed by atoms with E-state index >= 15 is 0 Å². The predicted octanol–water partition coefficient (Wildman–Crippen LogP) is 1.81. The van der Waals surface area contributed by atoms with Crippen LogP contribution in [0.3, 0.4) is 0 Å². The molecule has 1 rings (SSSR count). The van der Waals surface area contributed by atoms with Crippen molar-refractivity contribution in [3.05, 3.63) is 5.56 Å². The van der Waals surface area contributed by atoms with Gasteiger partial charge in [0.2, 0.25) is 0 Å². The van der Waals surface area contributed by atoms with Crippen LogP contribution in [0.4, 0.5) is 10.8 Å². The van der Waals surface area contributed by atoms with Crippen molar-refractivity contribution in [2.24, 2.45) is 5.73 Å². The molecule has 0 saturated heterocycles. The summed E-state index contributed by atoms with van der Waals surface area (Å²) in [7, 11) is 0. The standard InChI is InChI=1S/C10H18N4OS/c1-3-4-5-6(2)13-10-7(9(12)15)8(11)14-16-10/h6,13H,3-5H2,1-2H3,(H2,11,14)(H2,12,15). The van der Waals surface area contributed by atoms with Crippen LogP contribution in [-0.2, 0) is 0 Å². The summed E-state index contributed by atoms with van der Waals surface area (Å²) in [4.78, 5) is 11.2. The van der Waals surface area contributed by atoms with Gasteiger partial charge in [-0.2, -0.15) is 4.37 Å². The van der Waals surface area contributed by atoms with E-state index in [-0.39, 0.29) is 11.9 Å². The molecule has 5 N–H and O–H groups in total. The lowest BCUT2D eigenvalue weighted by Gasteiger charge is -2.13. The number of rotatable bonds is 6. The van der Waals surface area contributed by atoms with Crippen molar-refractivity contribution in [1.29, 1.82) is 0 Å². The first-order valence-electron chi connectivity index (χ1n) is 5.37. The number of anilines is 2. The van der Waals surface area contributed by atoms with Crippen molar-refractivity contribution < 1.29 is 4.79 Å². The van der Waals surface area contributed by atoms with Gasteiger partial charge in [-0.05, 0) is 24.9 Å². The Labute approximate surface area is 99.4 Å². The maximum absolute atomic E-state index is 11.2. The number of carbonyl (C=O) groups excluding carboxylic acids is 1. The van der Waals surface area contributed by atoms with Crippen LogP contribution in [0.1, 0.15) is 43.5 Å². The van der Waals surface area contributed by atoms with E-state index in [2.05, 4.69) is 23.5 Å². The van der Waals surface area contributed by atoms with Crippen LogP contribution in [0.5, 0.6) is 0 Å². The van der Waals surface area contributed by atoms with E-state index in [1.54, 1.807) is 0 Å². The minimum Gasteiger partial charge on any atom is -0.382 e. The number of nitrogens with two attached hydrogens (primary N) is 2. The van der Waals surface area contributed by atoms with Crippen LogP contribution < -0.4 is 16.8 Å². The molecule has 0 spiro atoms. The van der Waals surface area contributed by atoms with Gasteiger partial charge in [-0.3, -0.25) is 4.79 Å². The molecule has 1 unspecified atom stereocenters. The Morgan fingerprint density at radius 1 is 1.62 bits per heavy atom. The lowest BCUT2D eigenvalue weighted by atomic mass is 10.1. The summed E-state index contributed by atoms with van der Waals surface area (Å²) >= 11 is 1.18. The Hall–Kier alpha value is -1.30. The molecule has 0 aliphatic heterocycles. The second kappa shape index (κ2) is 5.69. The van der Waals surface area contributed by atoms with E-state index in [1.807, 2.05) is 0 Å². The van der Waals surface area contributed by atoms with Crippen molar-refractivity contribution in [1.82, 2.24) is 4.37 Å².